The van der Waals surface area contributed by atoms with Gasteiger partial charge in [0.05, 0.1) is 42.1 Å². The molecule has 0 radical (unpaired) electrons. The van der Waals surface area contributed by atoms with Crippen LogP contribution in [-0.4, -0.2) is 86.0 Å². The van der Waals surface area contributed by atoms with E-state index in [1.807, 2.05) is 89.8 Å². The second-order valence-corrected chi connectivity index (χ2v) is 20.9. The van der Waals surface area contributed by atoms with Gasteiger partial charge in [0.1, 0.15) is 23.7 Å². The summed E-state index contributed by atoms with van der Waals surface area (Å²) in [5.41, 5.74) is 6.56. The number of hydrogen-bond acceptors (Lipinski definition) is 7. The van der Waals surface area contributed by atoms with Crippen molar-refractivity contribution >= 4 is 32.0 Å². The van der Waals surface area contributed by atoms with Gasteiger partial charge >= 0.3 is 0 Å². The van der Waals surface area contributed by atoms with Gasteiger partial charge in [0.15, 0.2) is 0 Å². The van der Waals surface area contributed by atoms with Crippen molar-refractivity contribution in [2.24, 2.45) is 0 Å². The third-order valence-electron chi connectivity index (χ3n) is 11.2. The standard InChI is InChI=1S/C47H50N8O5S2/c1-61(2,58)52-42(36-12-6-4-7-13-36)46(56)54-28-10-16-40(54)44-48-30-38(50-44)34-24-20-32(21-25-34)18-19-33-22-26-35(27-23-33)39-31-49-45(51-39)41-17-11-29-55(41)47(57)43(53-62(3,59)60)37-14-8-5-9-15-37/h4-9,12-15,20-27,30-31,40-43,53,61H,10-11,16-17,28-29H2,1-3H3,(H,48,50)(H,49,51)(H,52,58)/t40-,41-,42+,43+/m0/s1. The topological polar surface area (TPSA) is 173 Å². The van der Waals surface area contributed by atoms with Crippen LogP contribution in [0.5, 0.6) is 0 Å². The summed E-state index contributed by atoms with van der Waals surface area (Å²) >= 11 is 0. The van der Waals surface area contributed by atoms with Crippen molar-refractivity contribution in [3.8, 4) is 34.4 Å². The number of likely N-dealkylation sites (tertiary alicyclic amines) is 2. The minimum Gasteiger partial charge on any atom is -0.340 e. The van der Waals surface area contributed by atoms with E-state index in [1.165, 1.54) is 0 Å². The molecule has 320 valence electrons. The third kappa shape index (κ3) is 9.95. The van der Waals surface area contributed by atoms with Crippen molar-refractivity contribution < 1.29 is 22.2 Å². The average Bonchev–Trinajstić information content (AvgIpc) is 4.11. The van der Waals surface area contributed by atoms with Crippen molar-refractivity contribution in [2.75, 3.05) is 31.9 Å². The highest BCUT2D eigenvalue weighted by molar-refractivity contribution is 7.99. The highest BCUT2D eigenvalue weighted by Crippen LogP contribution is 2.36. The predicted molar refractivity (Wildman–Crippen MR) is 242 cm³/mol. The molecule has 15 heteroatoms. The molecule has 0 spiro atoms. The molecule has 2 aliphatic heterocycles. The van der Waals surface area contributed by atoms with Crippen LogP contribution in [0, 0.1) is 11.8 Å². The number of hydrogen-bond donors (Lipinski definition) is 5. The van der Waals surface area contributed by atoms with Gasteiger partial charge < -0.3 is 19.8 Å². The predicted octanol–water partition coefficient (Wildman–Crippen LogP) is 6.01. The summed E-state index contributed by atoms with van der Waals surface area (Å²) in [5.74, 6) is 7.45. The third-order valence-corrected chi connectivity index (χ3v) is 12.7. The lowest BCUT2D eigenvalue weighted by atomic mass is 10.1. The summed E-state index contributed by atoms with van der Waals surface area (Å²) < 4.78 is 42.9. The van der Waals surface area contributed by atoms with Crippen LogP contribution in [0.15, 0.2) is 122 Å². The van der Waals surface area contributed by atoms with Gasteiger partial charge in [0, 0.05) is 36.7 Å². The van der Waals surface area contributed by atoms with Crippen molar-refractivity contribution in [2.45, 2.75) is 49.9 Å². The SMILES string of the molecule is CS(=O)(=O)N[C@@H](C(=O)N1CCC[C@H]1c1ncc(-c2ccc(C#Cc3ccc(-c4cnc([C@@H]5CCCN5C(=O)[C@H](N[SH](C)(C)=O)c5ccccc5)[nH]4)cc3)cc2)[nH]1)c1ccccc1. The van der Waals surface area contributed by atoms with Crippen LogP contribution in [0.25, 0.3) is 22.5 Å². The van der Waals surface area contributed by atoms with Crippen LogP contribution < -0.4 is 9.44 Å². The summed E-state index contributed by atoms with van der Waals surface area (Å²) in [6.45, 7) is 1.09. The highest BCUT2D eigenvalue weighted by atomic mass is 32.3. The van der Waals surface area contributed by atoms with Crippen LogP contribution in [-0.2, 0) is 29.7 Å². The normalized spacial score (nSPS) is 17.9. The molecule has 2 fully saturated rings. The Morgan fingerprint density at radius 3 is 1.52 bits per heavy atom. The van der Waals surface area contributed by atoms with Crippen molar-refractivity contribution in [1.29, 1.82) is 0 Å². The number of carbonyl (C=O) groups excluding carboxylic acids is 2. The monoisotopic (exact) mass is 870 g/mol. The molecule has 0 saturated carbocycles. The summed E-state index contributed by atoms with van der Waals surface area (Å²) in [4.78, 5) is 47.6. The number of imidazole rings is 2. The van der Waals surface area contributed by atoms with E-state index in [0.717, 1.165) is 70.5 Å². The van der Waals surface area contributed by atoms with E-state index >= 15 is 0 Å². The molecule has 4 atom stereocenters. The van der Waals surface area contributed by atoms with Gasteiger partial charge in [-0.25, -0.2) is 23.1 Å². The number of thiol groups is 1. The van der Waals surface area contributed by atoms with Gasteiger partial charge in [0.2, 0.25) is 21.8 Å². The fraction of sp³-hybridized carbons (Fsp3) is 0.277. The summed E-state index contributed by atoms with van der Waals surface area (Å²) in [6, 6.07) is 31.8. The molecule has 13 nitrogen and oxygen atoms in total. The van der Waals surface area contributed by atoms with E-state index < -0.39 is 32.2 Å². The lowest BCUT2D eigenvalue weighted by Gasteiger charge is -2.31. The van der Waals surface area contributed by atoms with Gasteiger partial charge in [-0.05, 0) is 72.2 Å². The lowest BCUT2D eigenvalue weighted by Crippen LogP contribution is -2.44. The molecule has 2 aromatic heterocycles. The maximum absolute atomic E-state index is 14.0. The molecule has 0 aliphatic carbocycles. The van der Waals surface area contributed by atoms with Crippen LogP contribution in [0.1, 0.15) is 83.8 Å². The molecule has 0 unspecified atom stereocenters. The highest BCUT2D eigenvalue weighted by Gasteiger charge is 2.38. The number of aromatic nitrogens is 4. The number of rotatable bonds is 12. The molecule has 2 amide bonds. The summed E-state index contributed by atoms with van der Waals surface area (Å²) in [7, 11) is -6.39. The summed E-state index contributed by atoms with van der Waals surface area (Å²) in [6.07, 6.45) is 11.0. The van der Waals surface area contributed by atoms with E-state index in [1.54, 1.807) is 54.1 Å². The average molecular weight is 871 g/mol. The molecule has 4 heterocycles. The molecule has 8 rings (SSSR count). The zero-order valence-corrected chi connectivity index (χ0v) is 36.5. The molecule has 2 saturated heterocycles. The number of nitrogens with one attached hydrogen (secondary N) is 4. The molecule has 62 heavy (non-hydrogen) atoms. The Kier molecular flexibility index (Phi) is 12.4. The van der Waals surface area contributed by atoms with Crippen LogP contribution in [0.4, 0.5) is 0 Å². The van der Waals surface area contributed by atoms with Crippen molar-refractivity contribution in [3.63, 3.8) is 0 Å². The Morgan fingerprint density at radius 1 is 0.677 bits per heavy atom. The minimum absolute atomic E-state index is 0.115. The molecular formula is C47H50N8O5S2. The van der Waals surface area contributed by atoms with Gasteiger partial charge in [-0.15, -0.1) is 0 Å². The van der Waals surface area contributed by atoms with Crippen LogP contribution in [0.3, 0.4) is 0 Å². The first-order chi connectivity index (χ1) is 29.8. The fourth-order valence-corrected chi connectivity index (χ4v) is 9.77. The molecule has 0 bridgehead atoms. The first-order valence-corrected chi connectivity index (χ1v) is 25.1. The van der Waals surface area contributed by atoms with Gasteiger partial charge in [-0.1, -0.05) is 107 Å². The zero-order valence-electron chi connectivity index (χ0n) is 34.8. The van der Waals surface area contributed by atoms with E-state index in [0.29, 0.717) is 30.9 Å². The van der Waals surface area contributed by atoms with Crippen LogP contribution >= 0.6 is 0 Å². The Bertz CT molecular complexity index is 2760. The van der Waals surface area contributed by atoms with Gasteiger partial charge in [-0.3, -0.25) is 13.8 Å². The minimum atomic E-state index is -3.66. The van der Waals surface area contributed by atoms with Crippen LogP contribution in [0.2, 0.25) is 0 Å². The van der Waals surface area contributed by atoms with E-state index in [-0.39, 0.29) is 23.9 Å². The Balaban J connectivity index is 0.907. The Labute approximate surface area is 363 Å². The molecule has 6 aromatic rings. The Morgan fingerprint density at radius 2 is 1.10 bits per heavy atom. The Hall–Kier alpha value is -6.18. The first-order valence-electron chi connectivity index (χ1n) is 20.6. The maximum Gasteiger partial charge on any atom is 0.245 e. The molecular weight excluding hydrogens is 821 g/mol. The number of H-pyrrole nitrogens is 2. The van der Waals surface area contributed by atoms with Gasteiger partial charge in [0.25, 0.3) is 0 Å². The fourth-order valence-electron chi connectivity index (χ4n) is 8.23. The molecule has 4 aromatic carbocycles. The number of carbonyl (C=O) groups is 2. The smallest absolute Gasteiger partial charge is 0.245 e. The number of amides is 2. The molecule has 4 N–H and O–H groups in total. The number of benzene rings is 4. The number of nitrogens with zero attached hydrogens (tertiary/aromatic N) is 4. The number of aromatic amines is 2. The van der Waals surface area contributed by atoms with Crippen molar-refractivity contribution in [1.82, 2.24) is 39.2 Å². The molecule has 2 aliphatic rings. The largest absolute Gasteiger partial charge is 0.340 e. The van der Waals surface area contributed by atoms with E-state index in [9.17, 15) is 22.2 Å². The summed E-state index contributed by atoms with van der Waals surface area (Å²) in [5, 5.41) is 0. The quantitative estimate of drug-likeness (QED) is 0.0741. The zero-order chi connectivity index (χ0) is 43.4. The second kappa shape index (κ2) is 18.0. The van der Waals surface area contributed by atoms with Crippen molar-refractivity contribution in [3.05, 3.63) is 155 Å². The van der Waals surface area contributed by atoms with E-state index in [2.05, 4.69) is 36.2 Å². The maximum atomic E-state index is 14.0. The second-order valence-electron chi connectivity index (χ2n) is 16.2. The lowest BCUT2D eigenvalue weighted by molar-refractivity contribution is -0.135. The van der Waals surface area contributed by atoms with Gasteiger partial charge in [-0.2, -0.15) is 4.72 Å². The van der Waals surface area contributed by atoms with E-state index in [4.69, 9.17) is 4.98 Å². The number of sulfonamides is 1. The first kappa shape index (κ1) is 42.5.